The highest BCUT2D eigenvalue weighted by molar-refractivity contribution is 7.92. The lowest BCUT2D eigenvalue weighted by molar-refractivity contribution is -0.137. The number of fused-ring (bicyclic) bond motifs is 1. The minimum Gasteiger partial charge on any atom is -0.496 e. The van der Waals surface area contributed by atoms with Crippen molar-refractivity contribution in [3.05, 3.63) is 90.3 Å². The van der Waals surface area contributed by atoms with Crippen LogP contribution >= 0.6 is 0 Å². The molecule has 8 nitrogen and oxygen atoms in total. The van der Waals surface area contributed by atoms with Crippen LogP contribution in [0.3, 0.4) is 0 Å². The molecule has 0 spiro atoms. The van der Waals surface area contributed by atoms with Gasteiger partial charge in [0.1, 0.15) is 12.0 Å². The first-order valence-electron chi connectivity index (χ1n) is 11.2. The fourth-order valence-electron chi connectivity index (χ4n) is 4.13. The number of pyridine rings is 1. The Hall–Kier alpha value is -4.89. The zero-order chi connectivity index (χ0) is 27.8. The average molecular weight is 551 g/mol. The first-order chi connectivity index (χ1) is 18.6. The van der Waals surface area contributed by atoms with E-state index >= 15 is 0 Å². The summed E-state index contributed by atoms with van der Waals surface area (Å²) in [5.74, 6) is 0.297. The monoisotopic (exact) mass is 550 g/mol. The third-order valence-electron chi connectivity index (χ3n) is 5.94. The summed E-state index contributed by atoms with van der Waals surface area (Å²) in [7, 11) is -2.57. The molecule has 1 N–H and O–H groups in total. The summed E-state index contributed by atoms with van der Waals surface area (Å²) in [6.45, 7) is 0. The maximum absolute atomic E-state index is 13.3. The van der Waals surface area contributed by atoms with Crippen molar-refractivity contribution < 1.29 is 30.8 Å². The van der Waals surface area contributed by atoms with Crippen LogP contribution in [-0.4, -0.2) is 25.7 Å². The van der Waals surface area contributed by atoms with Gasteiger partial charge in [-0.2, -0.15) is 18.4 Å². The Morgan fingerprint density at radius 2 is 1.85 bits per heavy atom. The first-order valence-corrected chi connectivity index (χ1v) is 12.7. The van der Waals surface area contributed by atoms with Crippen LogP contribution in [0.5, 0.6) is 5.75 Å². The number of hydrogen-bond donors (Lipinski definition) is 1. The number of hydrogen-bond acceptors (Lipinski definition) is 7. The predicted octanol–water partition coefficient (Wildman–Crippen LogP) is 6.26. The van der Waals surface area contributed by atoms with Gasteiger partial charge in [0.2, 0.25) is 0 Å². The molecule has 196 valence electrons. The van der Waals surface area contributed by atoms with E-state index in [4.69, 9.17) is 4.74 Å². The number of sulfonamides is 1. The van der Waals surface area contributed by atoms with Gasteiger partial charge < -0.3 is 9.26 Å². The van der Waals surface area contributed by atoms with Crippen LogP contribution in [0.25, 0.3) is 33.2 Å². The smallest absolute Gasteiger partial charge is 0.416 e. The molecule has 0 aliphatic carbocycles. The zero-order valence-corrected chi connectivity index (χ0v) is 20.8. The van der Waals surface area contributed by atoms with Crippen LogP contribution in [0.2, 0.25) is 0 Å². The molecule has 0 amide bonds. The molecule has 2 heterocycles. The number of nitrogens with zero attached hydrogens (tertiary/aromatic N) is 3. The second-order valence-corrected chi connectivity index (χ2v) is 10.0. The second kappa shape index (κ2) is 9.77. The number of aromatic nitrogens is 2. The van der Waals surface area contributed by atoms with Crippen molar-refractivity contribution in [3.63, 3.8) is 0 Å². The molecule has 5 rings (SSSR count). The zero-order valence-electron chi connectivity index (χ0n) is 20.0. The van der Waals surface area contributed by atoms with Crippen molar-refractivity contribution in [1.29, 1.82) is 5.26 Å². The summed E-state index contributed by atoms with van der Waals surface area (Å²) in [4.78, 5) is 4.41. The fraction of sp³-hybridized carbons (Fsp3) is 0.0741. The van der Waals surface area contributed by atoms with Crippen molar-refractivity contribution in [2.45, 2.75) is 11.1 Å². The molecule has 0 unspecified atom stereocenters. The number of methoxy groups -OCH3 is 1. The number of alkyl halides is 3. The normalized spacial score (nSPS) is 11.8. The van der Waals surface area contributed by atoms with E-state index in [0.29, 0.717) is 22.0 Å². The fourth-order valence-corrected chi connectivity index (χ4v) is 5.16. The van der Waals surface area contributed by atoms with Crippen LogP contribution in [-0.2, 0) is 16.2 Å². The van der Waals surface area contributed by atoms with Gasteiger partial charge in [-0.15, -0.1) is 0 Å². The minimum absolute atomic E-state index is 0.0279. The van der Waals surface area contributed by atoms with Gasteiger partial charge in [-0.3, -0.25) is 9.71 Å². The number of nitrogens with one attached hydrogen (secondary N) is 1. The lowest BCUT2D eigenvalue weighted by atomic mass is 9.94. The second-order valence-electron chi connectivity index (χ2n) is 8.32. The van der Waals surface area contributed by atoms with E-state index in [1.165, 1.54) is 62.0 Å². The molecule has 2 aromatic heterocycles. The van der Waals surface area contributed by atoms with Crippen LogP contribution in [0.1, 0.15) is 11.1 Å². The van der Waals surface area contributed by atoms with E-state index in [2.05, 4.69) is 19.4 Å². The van der Waals surface area contributed by atoms with E-state index in [9.17, 15) is 26.9 Å². The van der Waals surface area contributed by atoms with E-state index in [0.717, 1.165) is 12.1 Å². The Kier molecular flexibility index (Phi) is 6.45. The van der Waals surface area contributed by atoms with Crippen LogP contribution in [0, 0.1) is 11.3 Å². The molecule has 39 heavy (non-hydrogen) atoms. The van der Waals surface area contributed by atoms with E-state index < -0.39 is 21.8 Å². The molecule has 0 fully saturated rings. The standard InChI is InChI=1S/C27H17F3N4O4S/c1-37-24-14-22(16-3-2-4-19(11-16)27(28,29)30)18(15-31)13-23(24)26-21-6-5-20(12-17(21)7-9-32-26)39(35,36)34-25-8-10-38-33-25/h2-14H,1H3,(H,33,34). The van der Waals surface area contributed by atoms with E-state index in [1.807, 2.05) is 6.07 Å². The lowest BCUT2D eigenvalue weighted by Crippen LogP contribution is -2.13. The van der Waals surface area contributed by atoms with Crippen molar-refractivity contribution >= 4 is 26.6 Å². The number of anilines is 1. The maximum atomic E-state index is 13.3. The Balaban J connectivity index is 1.62. The van der Waals surface area contributed by atoms with Crippen molar-refractivity contribution in [2.24, 2.45) is 0 Å². The predicted molar refractivity (Wildman–Crippen MR) is 136 cm³/mol. The molecular weight excluding hydrogens is 533 g/mol. The Labute approximate surface area is 220 Å². The van der Waals surface area contributed by atoms with Gasteiger partial charge >= 0.3 is 6.18 Å². The van der Waals surface area contributed by atoms with Crippen LogP contribution in [0.4, 0.5) is 19.0 Å². The molecule has 0 bridgehead atoms. The highest BCUT2D eigenvalue weighted by atomic mass is 32.2. The van der Waals surface area contributed by atoms with Gasteiger partial charge in [-0.1, -0.05) is 23.4 Å². The maximum Gasteiger partial charge on any atom is 0.416 e. The van der Waals surface area contributed by atoms with E-state index in [-0.39, 0.29) is 33.2 Å². The molecule has 12 heteroatoms. The molecule has 0 saturated heterocycles. The van der Waals surface area contributed by atoms with Crippen molar-refractivity contribution in [3.8, 4) is 34.2 Å². The van der Waals surface area contributed by atoms with Gasteiger partial charge in [0, 0.05) is 28.8 Å². The topological polar surface area (TPSA) is 118 Å². The molecule has 0 aliphatic heterocycles. The molecule has 0 aliphatic rings. The number of ether oxygens (including phenoxy) is 1. The Bertz CT molecular complexity index is 1850. The number of nitriles is 1. The summed E-state index contributed by atoms with van der Waals surface area (Å²) < 4.78 is 78.0. The van der Waals surface area contributed by atoms with Gasteiger partial charge in [-0.05, 0) is 53.4 Å². The summed E-state index contributed by atoms with van der Waals surface area (Å²) in [6.07, 6.45) is -1.83. The molecule has 0 radical (unpaired) electrons. The highest BCUT2D eigenvalue weighted by Gasteiger charge is 2.31. The largest absolute Gasteiger partial charge is 0.496 e. The Morgan fingerprint density at radius 1 is 1.03 bits per heavy atom. The summed E-state index contributed by atoms with van der Waals surface area (Å²) in [6, 6.07) is 17.1. The van der Waals surface area contributed by atoms with Crippen LogP contribution < -0.4 is 9.46 Å². The summed E-state index contributed by atoms with van der Waals surface area (Å²) in [5.41, 5.74) is 0.534. The third kappa shape index (κ3) is 4.99. The van der Waals surface area contributed by atoms with Crippen LogP contribution in [0.15, 0.2) is 88.6 Å². The van der Waals surface area contributed by atoms with Gasteiger partial charge in [0.15, 0.2) is 5.82 Å². The number of rotatable bonds is 6. The molecule has 0 saturated carbocycles. The third-order valence-corrected chi connectivity index (χ3v) is 7.29. The van der Waals surface area contributed by atoms with Crippen molar-refractivity contribution in [2.75, 3.05) is 11.8 Å². The highest BCUT2D eigenvalue weighted by Crippen LogP contribution is 2.40. The Morgan fingerprint density at radius 3 is 2.54 bits per heavy atom. The SMILES string of the molecule is COc1cc(-c2cccc(C(F)(F)F)c2)c(C#N)cc1-c1nccc2cc(S(=O)(=O)Nc3ccon3)ccc12. The molecule has 3 aromatic carbocycles. The molecule has 0 atom stereocenters. The quantitative estimate of drug-likeness (QED) is 0.265. The average Bonchev–Trinajstić information content (AvgIpc) is 3.43. The summed E-state index contributed by atoms with van der Waals surface area (Å²) >= 11 is 0. The molecular formula is C27H17F3N4O4S. The lowest BCUT2D eigenvalue weighted by Gasteiger charge is -2.15. The van der Waals surface area contributed by atoms with Gasteiger partial charge in [0.25, 0.3) is 10.0 Å². The molecule has 5 aromatic rings. The first kappa shape index (κ1) is 25.7. The minimum atomic E-state index is -4.55. The van der Waals surface area contributed by atoms with Gasteiger partial charge in [0.05, 0.1) is 34.9 Å². The number of halogens is 3. The van der Waals surface area contributed by atoms with Crippen molar-refractivity contribution in [1.82, 2.24) is 10.1 Å². The van der Waals surface area contributed by atoms with E-state index in [1.54, 1.807) is 12.1 Å². The number of benzene rings is 3. The summed E-state index contributed by atoms with van der Waals surface area (Å²) in [5, 5.41) is 14.5. The van der Waals surface area contributed by atoms with Gasteiger partial charge in [-0.25, -0.2) is 8.42 Å².